The normalized spacial score (nSPS) is 14.6. The summed E-state index contributed by atoms with van der Waals surface area (Å²) in [5, 5.41) is 2.82. The second-order valence-electron chi connectivity index (χ2n) is 7.25. The van der Waals surface area contributed by atoms with Gasteiger partial charge in [-0.25, -0.2) is 0 Å². The zero-order chi connectivity index (χ0) is 19.8. The van der Waals surface area contributed by atoms with Crippen molar-refractivity contribution in [1.82, 2.24) is 10.2 Å². The molecule has 0 saturated carbocycles. The van der Waals surface area contributed by atoms with Gasteiger partial charge in [-0.05, 0) is 41.8 Å². The molecule has 2 aliphatic heterocycles. The largest absolute Gasteiger partial charge is 0.454 e. The molecule has 3 amide bonds. The molecule has 144 valence electrons. The molecule has 0 unspecified atom stereocenters. The Morgan fingerprint density at radius 2 is 1.79 bits per heavy atom. The minimum Gasteiger partial charge on any atom is -0.454 e. The molecule has 2 aromatic carbocycles. The highest BCUT2D eigenvalue weighted by molar-refractivity contribution is 6.22. The number of nitrogens with zero attached hydrogens (tertiary/aromatic N) is 1. The van der Waals surface area contributed by atoms with E-state index in [2.05, 4.69) is 5.32 Å². The van der Waals surface area contributed by atoms with E-state index in [0.717, 1.165) is 5.56 Å². The number of imide groups is 1. The molecule has 7 heteroatoms. The fraction of sp³-hybridized carbons (Fsp3) is 0.286. The van der Waals surface area contributed by atoms with Crippen LogP contribution in [0.5, 0.6) is 11.5 Å². The summed E-state index contributed by atoms with van der Waals surface area (Å²) >= 11 is 0. The van der Waals surface area contributed by atoms with Crippen LogP contribution in [0.3, 0.4) is 0 Å². The molecule has 0 atom stereocenters. The smallest absolute Gasteiger partial charge is 0.261 e. The Morgan fingerprint density at radius 1 is 1.04 bits per heavy atom. The van der Waals surface area contributed by atoms with Crippen LogP contribution in [0.25, 0.3) is 0 Å². The number of ether oxygens (including phenoxy) is 2. The van der Waals surface area contributed by atoms with E-state index in [1.807, 2.05) is 13.8 Å². The van der Waals surface area contributed by atoms with Gasteiger partial charge in [-0.15, -0.1) is 0 Å². The Hall–Kier alpha value is -3.35. The summed E-state index contributed by atoms with van der Waals surface area (Å²) < 4.78 is 10.6. The van der Waals surface area contributed by atoms with E-state index in [1.54, 1.807) is 30.3 Å². The van der Waals surface area contributed by atoms with Crippen LogP contribution in [0, 0.1) is 5.92 Å². The molecule has 0 spiro atoms. The third-order valence-corrected chi connectivity index (χ3v) is 4.68. The van der Waals surface area contributed by atoms with Crippen LogP contribution in [0.2, 0.25) is 0 Å². The van der Waals surface area contributed by atoms with E-state index in [1.165, 1.54) is 11.0 Å². The third kappa shape index (κ3) is 3.19. The maximum Gasteiger partial charge on any atom is 0.261 e. The predicted molar refractivity (Wildman–Crippen MR) is 100 cm³/mol. The lowest BCUT2D eigenvalue weighted by molar-refractivity contribution is 0.0642. The number of amides is 3. The van der Waals surface area contributed by atoms with E-state index in [0.29, 0.717) is 35.1 Å². The van der Waals surface area contributed by atoms with Crippen LogP contribution < -0.4 is 14.8 Å². The lowest BCUT2D eigenvalue weighted by atomic mass is 10.1. The monoisotopic (exact) mass is 380 g/mol. The maximum absolute atomic E-state index is 12.8. The average molecular weight is 380 g/mol. The molecule has 28 heavy (non-hydrogen) atoms. The fourth-order valence-corrected chi connectivity index (χ4v) is 3.20. The van der Waals surface area contributed by atoms with Gasteiger partial charge in [0.1, 0.15) is 0 Å². The van der Waals surface area contributed by atoms with Crippen LogP contribution in [0.1, 0.15) is 50.5 Å². The summed E-state index contributed by atoms with van der Waals surface area (Å²) in [5.41, 5.74) is 1.69. The molecule has 0 aliphatic carbocycles. The van der Waals surface area contributed by atoms with Crippen molar-refractivity contribution in [1.29, 1.82) is 0 Å². The van der Waals surface area contributed by atoms with Gasteiger partial charge in [-0.1, -0.05) is 19.9 Å². The number of nitrogens with one attached hydrogen (secondary N) is 1. The van der Waals surface area contributed by atoms with Gasteiger partial charge in [0.2, 0.25) is 6.79 Å². The lowest BCUT2D eigenvalue weighted by Gasteiger charge is -2.14. The van der Waals surface area contributed by atoms with Crippen molar-refractivity contribution in [2.75, 3.05) is 13.3 Å². The van der Waals surface area contributed by atoms with Gasteiger partial charge in [-0.2, -0.15) is 0 Å². The lowest BCUT2D eigenvalue weighted by Crippen LogP contribution is -2.29. The molecule has 4 rings (SSSR count). The van der Waals surface area contributed by atoms with Gasteiger partial charge in [0, 0.05) is 12.1 Å². The van der Waals surface area contributed by atoms with Crippen molar-refractivity contribution < 1.29 is 23.9 Å². The molecular weight excluding hydrogens is 360 g/mol. The summed E-state index contributed by atoms with van der Waals surface area (Å²) in [6, 6.07) is 9.92. The first-order valence-electron chi connectivity index (χ1n) is 9.11. The van der Waals surface area contributed by atoms with Gasteiger partial charge in [0.05, 0.1) is 17.7 Å². The second kappa shape index (κ2) is 6.99. The highest BCUT2D eigenvalue weighted by Gasteiger charge is 2.36. The van der Waals surface area contributed by atoms with Crippen molar-refractivity contribution in [3.63, 3.8) is 0 Å². The van der Waals surface area contributed by atoms with Crippen molar-refractivity contribution in [3.05, 3.63) is 58.7 Å². The van der Waals surface area contributed by atoms with Crippen molar-refractivity contribution in [3.8, 4) is 11.5 Å². The summed E-state index contributed by atoms with van der Waals surface area (Å²) in [5.74, 6) is 0.522. The summed E-state index contributed by atoms with van der Waals surface area (Å²) in [6.45, 7) is 4.82. The molecule has 7 nitrogen and oxygen atoms in total. The van der Waals surface area contributed by atoms with Gasteiger partial charge in [0.15, 0.2) is 11.5 Å². The first-order valence-corrected chi connectivity index (χ1v) is 9.11. The Bertz CT molecular complexity index is 983. The van der Waals surface area contributed by atoms with E-state index < -0.39 is 5.91 Å². The first-order chi connectivity index (χ1) is 13.4. The van der Waals surface area contributed by atoms with E-state index in [-0.39, 0.29) is 30.7 Å². The highest BCUT2D eigenvalue weighted by atomic mass is 16.7. The number of benzene rings is 2. The number of fused-ring (bicyclic) bond motifs is 2. The number of hydrogen-bond acceptors (Lipinski definition) is 5. The Kier molecular flexibility index (Phi) is 4.50. The van der Waals surface area contributed by atoms with Gasteiger partial charge in [-0.3, -0.25) is 19.3 Å². The summed E-state index contributed by atoms with van der Waals surface area (Å²) in [6.07, 6.45) is 0. The number of carbonyl (C=O) groups is 3. The minimum atomic E-state index is -0.406. The van der Waals surface area contributed by atoms with Crippen molar-refractivity contribution in [2.24, 2.45) is 5.92 Å². The molecule has 0 bridgehead atoms. The van der Waals surface area contributed by atoms with E-state index in [4.69, 9.17) is 9.47 Å². The number of carbonyl (C=O) groups excluding carboxylic acids is 3. The maximum atomic E-state index is 12.8. The Balaban J connectivity index is 1.54. The van der Waals surface area contributed by atoms with Gasteiger partial charge < -0.3 is 14.8 Å². The molecule has 2 aliphatic rings. The molecule has 0 saturated heterocycles. The number of rotatable bonds is 5. The van der Waals surface area contributed by atoms with Crippen LogP contribution in [-0.2, 0) is 6.54 Å². The van der Waals surface area contributed by atoms with Gasteiger partial charge in [0.25, 0.3) is 17.7 Å². The van der Waals surface area contributed by atoms with Crippen LogP contribution in [0.4, 0.5) is 0 Å². The summed E-state index contributed by atoms with van der Waals surface area (Å²) in [4.78, 5) is 38.9. The molecule has 0 aromatic heterocycles. The zero-order valence-corrected chi connectivity index (χ0v) is 15.7. The van der Waals surface area contributed by atoms with E-state index in [9.17, 15) is 14.4 Å². The van der Waals surface area contributed by atoms with Crippen LogP contribution in [-0.4, -0.2) is 36.0 Å². The Labute approximate surface area is 162 Å². The van der Waals surface area contributed by atoms with Crippen LogP contribution in [0.15, 0.2) is 36.4 Å². The molecule has 0 radical (unpaired) electrons. The average Bonchev–Trinajstić information content (AvgIpc) is 3.24. The topological polar surface area (TPSA) is 84.9 Å². The standard InChI is InChI=1S/C21H20N2O5/c1-12(2)9-22-19(24)14-4-5-15-16(8-14)21(26)23(20(15)25)10-13-3-6-17-18(7-13)28-11-27-17/h3-8,12H,9-11H2,1-2H3,(H,22,24). The molecule has 2 aromatic rings. The number of hydrogen-bond donors (Lipinski definition) is 1. The van der Waals surface area contributed by atoms with Crippen molar-refractivity contribution in [2.45, 2.75) is 20.4 Å². The highest BCUT2D eigenvalue weighted by Crippen LogP contribution is 2.34. The molecule has 1 N–H and O–H groups in total. The van der Waals surface area contributed by atoms with E-state index >= 15 is 0 Å². The molecular formula is C21H20N2O5. The third-order valence-electron chi connectivity index (χ3n) is 4.68. The summed E-state index contributed by atoms with van der Waals surface area (Å²) in [7, 11) is 0. The molecule has 2 heterocycles. The second-order valence-corrected chi connectivity index (χ2v) is 7.25. The van der Waals surface area contributed by atoms with Gasteiger partial charge >= 0.3 is 0 Å². The fourth-order valence-electron chi connectivity index (χ4n) is 3.20. The molecule has 0 fully saturated rings. The minimum absolute atomic E-state index is 0.123. The Morgan fingerprint density at radius 3 is 2.57 bits per heavy atom. The van der Waals surface area contributed by atoms with Crippen molar-refractivity contribution >= 4 is 17.7 Å². The quantitative estimate of drug-likeness (QED) is 0.806. The van der Waals surface area contributed by atoms with Crippen LogP contribution >= 0.6 is 0 Å². The first kappa shape index (κ1) is 18.0. The SMILES string of the molecule is CC(C)CNC(=O)c1ccc2c(c1)C(=O)N(Cc1ccc3c(c1)OCO3)C2=O. The zero-order valence-electron chi connectivity index (χ0n) is 15.7. The predicted octanol–water partition coefficient (Wildman–Crippen LogP) is 2.60.